The quantitative estimate of drug-likeness (QED) is 0.227. The Labute approximate surface area is 221 Å². The monoisotopic (exact) mass is 528 g/mol. The summed E-state index contributed by atoms with van der Waals surface area (Å²) in [7, 11) is 0. The zero-order chi connectivity index (χ0) is 26.8. The van der Waals surface area contributed by atoms with E-state index in [2.05, 4.69) is 15.3 Å². The fraction of sp³-hybridized carbons (Fsp3) is 0.103. The highest BCUT2D eigenvalue weighted by Gasteiger charge is 2.20. The van der Waals surface area contributed by atoms with Crippen LogP contribution < -0.4 is 10.9 Å². The standard InChI is InChI=1S/C29H22F2N4O2S/c1-17-11-12-19(28(37)32-16-18-7-4-3-5-8-18)15-21(17)25-20-13-14-24(36)35(27(20)34-29(33-25)38-2)26-22(30)9-6-10-23(26)31/h3-15H,16H2,1-2H3,(H,32,37). The van der Waals surface area contributed by atoms with Crippen molar-refractivity contribution >= 4 is 28.7 Å². The van der Waals surface area contributed by atoms with Crippen LogP contribution >= 0.6 is 11.8 Å². The Kier molecular flexibility index (Phi) is 7.02. The summed E-state index contributed by atoms with van der Waals surface area (Å²) < 4.78 is 30.4. The van der Waals surface area contributed by atoms with Gasteiger partial charge in [-0.3, -0.25) is 14.2 Å². The molecule has 0 bridgehead atoms. The fourth-order valence-electron chi connectivity index (χ4n) is 4.21. The van der Waals surface area contributed by atoms with Crippen molar-refractivity contribution in [3.05, 3.63) is 118 Å². The van der Waals surface area contributed by atoms with E-state index in [-0.39, 0.29) is 11.6 Å². The van der Waals surface area contributed by atoms with Gasteiger partial charge < -0.3 is 5.32 Å². The number of fused-ring (bicyclic) bond motifs is 1. The summed E-state index contributed by atoms with van der Waals surface area (Å²) in [5.41, 5.74) is 2.22. The van der Waals surface area contributed by atoms with Gasteiger partial charge in [-0.15, -0.1) is 0 Å². The van der Waals surface area contributed by atoms with Crippen LogP contribution in [0.2, 0.25) is 0 Å². The van der Waals surface area contributed by atoms with Crippen molar-refractivity contribution in [1.29, 1.82) is 0 Å². The molecule has 5 rings (SSSR count). The highest BCUT2D eigenvalue weighted by Crippen LogP contribution is 2.32. The molecule has 0 atom stereocenters. The molecule has 3 aromatic carbocycles. The normalized spacial score (nSPS) is 11.1. The van der Waals surface area contributed by atoms with Gasteiger partial charge in [-0.25, -0.2) is 18.7 Å². The summed E-state index contributed by atoms with van der Waals surface area (Å²) in [6.07, 6.45) is 1.76. The van der Waals surface area contributed by atoms with Gasteiger partial charge in [0.1, 0.15) is 17.3 Å². The second-order valence-corrected chi connectivity index (χ2v) is 9.34. The molecule has 0 radical (unpaired) electrons. The van der Waals surface area contributed by atoms with Crippen LogP contribution in [0.25, 0.3) is 28.0 Å². The van der Waals surface area contributed by atoms with E-state index in [9.17, 15) is 18.4 Å². The molecule has 38 heavy (non-hydrogen) atoms. The maximum absolute atomic E-state index is 14.8. The van der Waals surface area contributed by atoms with Crippen LogP contribution in [-0.4, -0.2) is 26.7 Å². The lowest BCUT2D eigenvalue weighted by Gasteiger charge is -2.15. The number of thioether (sulfide) groups is 1. The second kappa shape index (κ2) is 10.5. The lowest BCUT2D eigenvalue weighted by Crippen LogP contribution is -2.23. The number of nitrogens with zero attached hydrogens (tertiary/aromatic N) is 3. The number of benzene rings is 3. The van der Waals surface area contributed by atoms with E-state index in [0.717, 1.165) is 27.8 Å². The molecule has 2 aromatic heterocycles. The van der Waals surface area contributed by atoms with E-state index < -0.39 is 22.9 Å². The van der Waals surface area contributed by atoms with E-state index in [1.807, 2.05) is 43.3 Å². The molecule has 1 N–H and O–H groups in total. The van der Waals surface area contributed by atoms with Crippen molar-refractivity contribution in [3.63, 3.8) is 0 Å². The molecule has 0 unspecified atom stereocenters. The van der Waals surface area contributed by atoms with Crippen LogP contribution in [0.4, 0.5) is 8.78 Å². The molecule has 2 heterocycles. The van der Waals surface area contributed by atoms with Gasteiger partial charge in [-0.1, -0.05) is 54.2 Å². The number of hydrogen-bond acceptors (Lipinski definition) is 5. The molecule has 9 heteroatoms. The van der Waals surface area contributed by atoms with E-state index >= 15 is 0 Å². The minimum atomic E-state index is -0.890. The molecule has 0 aliphatic carbocycles. The highest BCUT2D eigenvalue weighted by atomic mass is 32.2. The van der Waals surface area contributed by atoms with Crippen LogP contribution in [0.1, 0.15) is 21.5 Å². The number of carbonyl (C=O) groups excluding carboxylic acids is 1. The molecule has 0 aliphatic heterocycles. The number of amides is 1. The van der Waals surface area contributed by atoms with Gasteiger partial charge in [0, 0.05) is 29.1 Å². The molecule has 1 amide bonds. The third-order valence-electron chi connectivity index (χ3n) is 6.12. The van der Waals surface area contributed by atoms with Crippen molar-refractivity contribution in [2.24, 2.45) is 0 Å². The maximum atomic E-state index is 14.8. The predicted molar refractivity (Wildman–Crippen MR) is 145 cm³/mol. The molecule has 0 spiro atoms. The van der Waals surface area contributed by atoms with Crippen molar-refractivity contribution in [1.82, 2.24) is 19.9 Å². The summed E-state index contributed by atoms with van der Waals surface area (Å²) in [5, 5.41) is 3.64. The van der Waals surface area contributed by atoms with Crippen molar-refractivity contribution in [2.45, 2.75) is 18.6 Å². The number of aryl methyl sites for hydroxylation is 1. The Morgan fingerprint density at radius 3 is 2.39 bits per heavy atom. The van der Waals surface area contributed by atoms with Crippen LogP contribution in [0.5, 0.6) is 0 Å². The van der Waals surface area contributed by atoms with Crippen molar-refractivity contribution in [3.8, 4) is 16.9 Å². The largest absolute Gasteiger partial charge is 0.348 e. The molecule has 0 aliphatic rings. The lowest BCUT2D eigenvalue weighted by molar-refractivity contribution is 0.0951. The number of pyridine rings is 1. The first-order chi connectivity index (χ1) is 18.4. The minimum absolute atomic E-state index is 0.0641. The smallest absolute Gasteiger partial charge is 0.256 e. The van der Waals surface area contributed by atoms with Gasteiger partial charge in [0.25, 0.3) is 11.5 Å². The zero-order valence-electron chi connectivity index (χ0n) is 20.5. The Morgan fingerprint density at radius 2 is 1.68 bits per heavy atom. The summed E-state index contributed by atoms with van der Waals surface area (Å²) >= 11 is 1.23. The molecule has 0 saturated heterocycles. The number of nitrogens with one attached hydrogen (secondary N) is 1. The van der Waals surface area contributed by atoms with E-state index in [4.69, 9.17) is 0 Å². The fourth-order valence-corrected chi connectivity index (χ4v) is 4.57. The predicted octanol–water partition coefficient (Wildman–Crippen LogP) is 5.69. The second-order valence-electron chi connectivity index (χ2n) is 8.57. The van der Waals surface area contributed by atoms with Crippen molar-refractivity contribution in [2.75, 3.05) is 6.26 Å². The molecule has 0 fully saturated rings. The van der Waals surface area contributed by atoms with Crippen molar-refractivity contribution < 1.29 is 13.6 Å². The van der Waals surface area contributed by atoms with Crippen LogP contribution in [0.3, 0.4) is 0 Å². The SMILES string of the molecule is CSc1nc(-c2cc(C(=O)NCc3ccccc3)ccc2C)c2ccc(=O)n(-c3c(F)cccc3F)c2n1. The summed E-state index contributed by atoms with van der Waals surface area (Å²) in [5.74, 6) is -2.04. The molecule has 0 saturated carbocycles. The van der Waals surface area contributed by atoms with Crippen LogP contribution in [-0.2, 0) is 6.54 Å². The number of aromatic nitrogens is 3. The first kappa shape index (κ1) is 25.3. The Morgan fingerprint density at radius 1 is 0.947 bits per heavy atom. The third-order valence-corrected chi connectivity index (χ3v) is 6.67. The average molecular weight is 529 g/mol. The minimum Gasteiger partial charge on any atom is -0.348 e. The molecular weight excluding hydrogens is 506 g/mol. The number of rotatable bonds is 6. The van der Waals surface area contributed by atoms with Gasteiger partial charge in [0.05, 0.1) is 5.69 Å². The molecular formula is C29H22F2N4O2S. The van der Waals surface area contributed by atoms with Gasteiger partial charge in [0.15, 0.2) is 10.8 Å². The molecule has 6 nitrogen and oxygen atoms in total. The molecule has 190 valence electrons. The van der Waals surface area contributed by atoms with Gasteiger partial charge in [0.2, 0.25) is 0 Å². The Balaban J connectivity index is 1.66. The maximum Gasteiger partial charge on any atom is 0.256 e. The highest BCUT2D eigenvalue weighted by molar-refractivity contribution is 7.98. The van der Waals surface area contributed by atoms with E-state index in [1.165, 1.54) is 30.0 Å². The van der Waals surface area contributed by atoms with E-state index in [0.29, 0.717) is 33.9 Å². The Bertz CT molecular complexity index is 1720. The van der Waals surface area contributed by atoms with Gasteiger partial charge >= 0.3 is 0 Å². The summed E-state index contributed by atoms with van der Waals surface area (Å²) in [6.45, 7) is 2.25. The summed E-state index contributed by atoms with van der Waals surface area (Å²) in [6, 6.07) is 21.0. The number of carbonyl (C=O) groups is 1. The number of hydrogen-bond donors (Lipinski definition) is 1. The van der Waals surface area contributed by atoms with Gasteiger partial charge in [-0.2, -0.15) is 0 Å². The number of para-hydroxylation sites is 1. The average Bonchev–Trinajstić information content (AvgIpc) is 2.93. The third kappa shape index (κ3) is 4.80. The van der Waals surface area contributed by atoms with E-state index in [1.54, 1.807) is 18.4 Å². The van der Waals surface area contributed by atoms with Crippen LogP contribution in [0.15, 0.2) is 88.8 Å². The lowest BCUT2D eigenvalue weighted by atomic mass is 9.99. The first-order valence-corrected chi connectivity index (χ1v) is 12.9. The first-order valence-electron chi connectivity index (χ1n) is 11.7. The van der Waals surface area contributed by atoms with Crippen LogP contribution in [0, 0.1) is 18.6 Å². The van der Waals surface area contributed by atoms with Gasteiger partial charge in [-0.05, 0) is 54.6 Å². The zero-order valence-corrected chi connectivity index (χ0v) is 21.4. The Hall–Kier alpha value is -4.37. The summed E-state index contributed by atoms with van der Waals surface area (Å²) in [4.78, 5) is 35.0. The topological polar surface area (TPSA) is 76.9 Å². The number of halogens is 2. The molecule has 5 aromatic rings.